The van der Waals surface area contributed by atoms with Crippen LogP contribution in [0.3, 0.4) is 0 Å². The highest BCUT2D eigenvalue weighted by molar-refractivity contribution is 6.30. The van der Waals surface area contributed by atoms with E-state index in [9.17, 15) is 9.18 Å². The zero-order chi connectivity index (χ0) is 23.9. The SMILES string of the molecule is COc1cccc(C(CN2CCN(C(=O)c3cccc(F)c3)CC2)OCc2cccc(Cl)c2)c1. The van der Waals surface area contributed by atoms with Crippen molar-refractivity contribution in [3.05, 3.63) is 100 Å². The summed E-state index contributed by atoms with van der Waals surface area (Å²) >= 11 is 6.13. The molecule has 1 atom stereocenters. The minimum absolute atomic E-state index is 0.138. The zero-order valence-electron chi connectivity index (χ0n) is 19.1. The van der Waals surface area contributed by atoms with Gasteiger partial charge in [0.15, 0.2) is 0 Å². The maximum Gasteiger partial charge on any atom is 0.254 e. The molecule has 0 spiro atoms. The molecule has 3 aromatic carbocycles. The third-order valence-corrected chi connectivity index (χ3v) is 6.20. The summed E-state index contributed by atoms with van der Waals surface area (Å²) in [7, 11) is 1.65. The molecular weight excluding hydrogens is 455 g/mol. The number of amides is 1. The maximum atomic E-state index is 13.5. The molecule has 1 fully saturated rings. The Morgan fingerprint density at radius 3 is 2.50 bits per heavy atom. The zero-order valence-corrected chi connectivity index (χ0v) is 19.9. The first-order chi connectivity index (χ1) is 16.5. The number of carbonyl (C=O) groups is 1. The van der Waals surface area contributed by atoms with Crippen molar-refractivity contribution in [1.82, 2.24) is 9.80 Å². The van der Waals surface area contributed by atoms with Gasteiger partial charge in [-0.15, -0.1) is 0 Å². The molecule has 0 N–H and O–H groups in total. The lowest BCUT2D eigenvalue weighted by molar-refractivity contribution is 0.00333. The number of hydrogen-bond acceptors (Lipinski definition) is 4. The molecule has 178 valence electrons. The van der Waals surface area contributed by atoms with E-state index in [0.29, 0.717) is 49.9 Å². The predicted molar refractivity (Wildman–Crippen MR) is 131 cm³/mol. The third-order valence-electron chi connectivity index (χ3n) is 5.96. The van der Waals surface area contributed by atoms with Crippen molar-refractivity contribution in [2.75, 3.05) is 39.8 Å². The smallest absolute Gasteiger partial charge is 0.254 e. The molecule has 1 heterocycles. The molecule has 0 radical (unpaired) electrons. The molecule has 3 aromatic rings. The van der Waals surface area contributed by atoms with E-state index in [0.717, 1.165) is 16.9 Å². The molecule has 1 unspecified atom stereocenters. The van der Waals surface area contributed by atoms with Gasteiger partial charge in [-0.25, -0.2) is 4.39 Å². The van der Waals surface area contributed by atoms with E-state index in [4.69, 9.17) is 21.1 Å². The number of nitrogens with zero attached hydrogens (tertiary/aromatic N) is 2. The highest BCUT2D eigenvalue weighted by Gasteiger charge is 2.25. The lowest BCUT2D eigenvalue weighted by atomic mass is 10.1. The number of methoxy groups -OCH3 is 1. The number of piperazine rings is 1. The molecule has 0 saturated carbocycles. The van der Waals surface area contributed by atoms with Crippen molar-refractivity contribution >= 4 is 17.5 Å². The maximum absolute atomic E-state index is 13.5. The van der Waals surface area contributed by atoms with E-state index in [1.165, 1.54) is 12.1 Å². The molecule has 7 heteroatoms. The summed E-state index contributed by atoms with van der Waals surface area (Å²) in [6, 6.07) is 21.4. The first kappa shape index (κ1) is 24.2. The van der Waals surface area contributed by atoms with Crippen LogP contribution in [0.1, 0.15) is 27.6 Å². The fourth-order valence-electron chi connectivity index (χ4n) is 4.09. The molecule has 1 aliphatic heterocycles. The van der Waals surface area contributed by atoms with Crippen molar-refractivity contribution in [3.8, 4) is 5.75 Å². The summed E-state index contributed by atoms with van der Waals surface area (Å²) in [4.78, 5) is 16.8. The van der Waals surface area contributed by atoms with Crippen LogP contribution in [0, 0.1) is 5.82 Å². The van der Waals surface area contributed by atoms with Crippen LogP contribution >= 0.6 is 11.6 Å². The van der Waals surface area contributed by atoms with E-state index >= 15 is 0 Å². The third kappa shape index (κ3) is 6.35. The lowest BCUT2D eigenvalue weighted by Gasteiger charge is -2.36. The van der Waals surface area contributed by atoms with Gasteiger partial charge in [0.25, 0.3) is 5.91 Å². The van der Waals surface area contributed by atoms with Gasteiger partial charge in [-0.3, -0.25) is 9.69 Å². The molecule has 0 aliphatic carbocycles. The van der Waals surface area contributed by atoms with Crippen LogP contribution < -0.4 is 4.74 Å². The van der Waals surface area contributed by atoms with Gasteiger partial charge in [0, 0.05) is 43.3 Å². The standard InChI is InChI=1S/C27H28ClFN2O3/c1-33-25-10-4-6-21(17-25)26(34-19-20-5-2-8-23(28)15-20)18-30-11-13-31(14-12-30)27(32)22-7-3-9-24(29)16-22/h2-10,15-17,26H,11-14,18-19H2,1H3. The van der Waals surface area contributed by atoms with Crippen molar-refractivity contribution in [3.63, 3.8) is 0 Å². The number of carbonyl (C=O) groups excluding carboxylic acids is 1. The van der Waals surface area contributed by atoms with Gasteiger partial charge in [-0.05, 0) is 53.6 Å². The Morgan fingerprint density at radius 2 is 1.76 bits per heavy atom. The molecule has 0 aromatic heterocycles. The number of rotatable bonds is 8. The van der Waals surface area contributed by atoms with Crippen LogP contribution in [-0.4, -0.2) is 55.5 Å². The van der Waals surface area contributed by atoms with Crippen LogP contribution in [0.25, 0.3) is 0 Å². The van der Waals surface area contributed by atoms with Gasteiger partial charge < -0.3 is 14.4 Å². The topological polar surface area (TPSA) is 42.0 Å². The van der Waals surface area contributed by atoms with Gasteiger partial charge in [0.05, 0.1) is 19.8 Å². The molecule has 4 rings (SSSR count). The fourth-order valence-corrected chi connectivity index (χ4v) is 4.30. The Hall–Kier alpha value is -2.93. The Labute approximate surface area is 204 Å². The van der Waals surface area contributed by atoms with Gasteiger partial charge in [-0.2, -0.15) is 0 Å². The van der Waals surface area contributed by atoms with Crippen LogP contribution in [0.2, 0.25) is 5.02 Å². The molecule has 1 amide bonds. The Morgan fingerprint density at radius 1 is 1.00 bits per heavy atom. The first-order valence-electron chi connectivity index (χ1n) is 11.3. The second-order valence-electron chi connectivity index (χ2n) is 8.31. The highest BCUT2D eigenvalue weighted by Crippen LogP contribution is 2.25. The van der Waals surface area contributed by atoms with Gasteiger partial charge in [0.2, 0.25) is 0 Å². The van der Waals surface area contributed by atoms with Crippen molar-refractivity contribution in [1.29, 1.82) is 0 Å². The summed E-state index contributed by atoms with van der Waals surface area (Å²) in [5.41, 5.74) is 2.41. The molecule has 34 heavy (non-hydrogen) atoms. The summed E-state index contributed by atoms with van der Waals surface area (Å²) < 4.78 is 25.3. The van der Waals surface area contributed by atoms with Crippen LogP contribution in [0.4, 0.5) is 4.39 Å². The Balaban J connectivity index is 1.41. The summed E-state index contributed by atoms with van der Waals surface area (Å²) in [6.07, 6.45) is -0.181. The van der Waals surface area contributed by atoms with E-state index in [2.05, 4.69) is 4.90 Å². The van der Waals surface area contributed by atoms with Crippen molar-refractivity contribution < 1.29 is 18.7 Å². The lowest BCUT2D eigenvalue weighted by Crippen LogP contribution is -2.49. The monoisotopic (exact) mass is 482 g/mol. The Bertz CT molecular complexity index is 1120. The molecule has 1 aliphatic rings. The van der Waals surface area contributed by atoms with E-state index in [1.54, 1.807) is 24.1 Å². The van der Waals surface area contributed by atoms with Crippen LogP contribution in [0.15, 0.2) is 72.8 Å². The van der Waals surface area contributed by atoms with Crippen molar-refractivity contribution in [2.24, 2.45) is 0 Å². The first-order valence-corrected chi connectivity index (χ1v) is 11.7. The molecule has 0 bridgehead atoms. The van der Waals surface area contributed by atoms with Crippen LogP contribution in [-0.2, 0) is 11.3 Å². The minimum atomic E-state index is -0.400. The van der Waals surface area contributed by atoms with E-state index in [-0.39, 0.29) is 12.0 Å². The van der Waals surface area contributed by atoms with Crippen LogP contribution in [0.5, 0.6) is 5.75 Å². The largest absolute Gasteiger partial charge is 0.497 e. The molecular formula is C27H28ClFN2O3. The van der Waals surface area contributed by atoms with Gasteiger partial charge in [0.1, 0.15) is 11.6 Å². The summed E-state index contributed by atoms with van der Waals surface area (Å²) in [5.74, 6) is 0.238. The number of halogens is 2. The average molecular weight is 483 g/mol. The fraction of sp³-hybridized carbons (Fsp3) is 0.296. The molecule has 5 nitrogen and oxygen atoms in total. The van der Waals surface area contributed by atoms with Gasteiger partial charge in [-0.1, -0.05) is 41.9 Å². The summed E-state index contributed by atoms with van der Waals surface area (Å²) in [5, 5.41) is 0.679. The normalized spacial score (nSPS) is 15.2. The number of ether oxygens (including phenoxy) is 2. The quantitative estimate of drug-likeness (QED) is 0.442. The highest BCUT2D eigenvalue weighted by atomic mass is 35.5. The predicted octanol–water partition coefficient (Wildman–Crippen LogP) is 5.20. The second-order valence-corrected chi connectivity index (χ2v) is 8.75. The number of hydrogen-bond donors (Lipinski definition) is 0. The Kier molecular flexibility index (Phi) is 8.16. The van der Waals surface area contributed by atoms with Gasteiger partial charge >= 0.3 is 0 Å². The minimum Gasteiger partial charge on any atom is -0.497 e. The average Bonchev–Trinajstić information content (AvgIpc) is 2.86. The van der Waals surface area contributed by atoms with E-state index < -0.39 is 5.82 Å². The molecule has 1 saturated heterocycles. The van der Waals surface area contributed by atoms with Crippen molar-refractivity contribution in [2.45, 2.75) is 12.7 Å². The number of benzene rings is 3. The summed E-state index contributed by atoms with van der Waals surface area (Å²) in [6.45, 7) is 3.68. The van der Waals surface area contributed by atoms with E-state index in [1.807, 2.05) is 48.5 Å². The second kappa shape index (κ2) is 11.5.